The Morgan fingerprint density at radius 3 is 1.30 bits per heavy atom. The lowest BCUT2D eigenvalue weighted by Gasteiger charge is -2.21. The molecule has 8 heteroatoms. The van der Waals surface area contributed by atoms with E-state index in [0.717, 1.165) is 51.4 Å². The van der Waals surface area contributed by atoms with Crippen molar-refractivity contribution in [3.05, 3.63) is 0 Å². The Morgan fingerprint density at radius 1 is 0.633 bits per heavy atom. The molecule has 30 heavy (non-hydrogen) atoms. The maximum Gasteiger partial charge on any atom is 0.406 e. The number of unbranched alkanes of at least 4 members (excludes halogenated alkanes) is 2. The molecule has 0 radical (unpaired) electrons. The summed E-state index contributed by atoms with van der Waals surface area (Å²) in [5, 5.41) is 0. The monoisotopic (exact) mass is 466 g/mol. The summed E-state index contributed by atoms with van der Waals surface area (Å²) in [6.07, 6.45) is 8.26. The minimum Gasteiger partial charge on any atom is -0.300 e. The second-order valence-electron chi connectivity index (χ2n) is 7.48. The van der Waals surface area contributed by atoms with Gasteiger partial charge in [-0.1, -0.05) is 66.2 Å². The topological polar surface area (TPSA) is 71.1 Å². The van der Waals surface area contributed by atoms with E-state index in [1.807, 2.05) is 0 Å². The molecule has 0 amide bonds. The lowest BCUT2D eigenvalue weighted by atomic mass is 10.0. The first-order chi connectivity index (χ1) is 14.3. The highest BCUT2D eigenvalue weighted by molar-refractivity contribution is 7.63. The molecule has 0 saturated heterocycles. The van der Waals surface area contributed by atoms with Crippen LogP contribution >= 0.6 is 15.2 Å². The fourth-order valence-corrected chi connectivity index (χ4v) is 5.75. The van der Waals surface area contributed by atoms with Crippen molar-refractivity contribution in [3.8, 4) is 11.3 Å². The van der Waals surface area contributed by atoms with Gasteiger partial charge in [-0.2, -0.15) is 0 Å². The summed E-state index contributed by atoms with van der Waals surface area (Å²) in [6, 6.07) is 0. The third kappa shape index (κ3) is 13.3. The molecule has 6 nitrogen and oxygen atoms in total. The normalized spacial score (nSPS) is 15.8. The van der Waals surface area contributed by atoms with E-state index in [1.165, 1.54) is 0 Å². The smallest absolute Gasteiger partial charge is 0.300 e. The largest absolute Gasteiger partial charge is 0.406 e. The molecule has 0 aromatic rings. The van der Waals surface area contributed by atoms with Gasteiger partial charge in [0.15, 0.2) is 0 Å². The van der Waals surface area contributed by atoms with E-state index in [0.29, 0.717) is 13.2 Å². The highest BCUT2D eigenvalue weighted by Crippen LogP contribution is 2.52. The molecule has 0 spiro atoms. The fraction of sp³-hybridized carbons (Fsp3) is 0.909. The molecule has 0 aliphatic carbocycles. The summed E-state index contributed by atoms with van der Waals surface area (Å²) >= 11 is 0. The van der Waals surface area contributed by atoms with Gasteiger partial charge < -0.3 is 0 Å². The van der Waals surface area contributed by atoms with E-state index in [-0.39, 0.29) is 25.0 Å². The van der Waals surface area contributed by atoms with Gasteiger partial charge in [-0.05, 0) is 38.5 Å². The summed E-state index contributed by atoms with van der Waals surface area (Å²) < 4.78 is 48.0. The maximum absolute atomic E-state index is 13.4. The van der Waals surface area contributed by atoms with E-state index >= 15 is 0 Å². The molecule has 0 rings (SSSR count). The zero-order valence-corrected chi connectivity index (χ0v) is 21.8. The minimum absolute atomic E-state index is 0.182. The van der Waals surface area contributed by atoms with Crippen LogP contribution in [0.25, 0.3) is 0 Å². The quantitative estimate of drug-likeness (QED) is 0.151. The van der Waals surface area contributed by atoms with Gasteiger partial charge >= 0.3 is 15.2 Å². The molecule has 0 bridgehead atoms. The third-order valence-corrected chi connectivity index (χ3v) is 8.09. The molecule has 0 heterocycles. The van der Waals surface area contributed by atoms with E-state index in [1.54, 1.807) is 13.8 Å². The van der Waals surface area contributed by atoms with Crippen LogP contribution in [0.5, 0.6) is 0 Å². The molecule has 2 unspecified atom stereocenters. The molecule has 0 N–H and O–H groups in total. The molecule has 0 fully saturated rings. The average molecular weight is 467 g/mol. The summed E-state index contributed by atoms with van der Waals surface area (Å²) in [7, 11) is -7.41. The zero-order valence-electron chi connectivity index (χ0n) is 20.0. The van der Waals surface area contributed by atoms with Crippen molar-refractivity contribution in [3.63, 3.8) is 0 Å². The van der Waals surface area contributed by atoms with Crippen LogP contribution in [0.1, 0.15) is 92.9 Å². The van der Waals surface area contributed by atoms with Crippen molar-refractivity contribution in [1.82, 2.24) is 0 Å². The van der Waals surface area contributed by atoms with Crippen molar-refractivity contribution in [2.45, 2.75) is 92.9 Å². The van der Waals surface area contributed by atoms with Crippen molar-refractivity contribution >= 4 is 15.2 Å². The third-order valence-electron chi connectivity index (χ3n) is 4.97. The van der Waals surface area contributed by atoms with Gasteiger partial charge in [-0.15, -0.1) is 0 Å². The molecule has 0 saturated carbocycles. The molecular weight excluding hydrogens is 422 g/mol. The molecular formula is C22H44O6P2. The maximum atomic E-state index is 13.4. The van der Waals surface area contributed by atoms with E-state index in [9.17, 15) is 9.13 Å². The Morgan fingerprint density at radius 2 is 1.00 bits per heavy atom. The van der Waals surface area contributed by atoms with Gasteiger partial charge in [-0.25, -0.2) is 9.13 Å². The highest BCUT2D eigenvalue weighted by Gasteiger charge is 2.28. The Labute approximate surface area is 185 Å². The van der Waals surface area contributed by atoms with Crippen LogP contribution in [-0.4, -0.2) is 26.4 Å². The lowest BCUT2D eigenvalue weighted by Crippen LogP contribution is -2.12. The van der Waals surface area contributed by atoms with Crippen LogP contribution in [0.2, 0.25) is 0 Å². The van der Waals surface area contributed by atoms with Gasteiger partial charge in [0.25, 0.3) is 0 Å². The summed E-state index contributed by atoms with van der Waals surface area (Å²) in [5.41, 5.74) is 4.98. The predicted molar refractivity (Wildman–Crippen MR) is 125 cm³/mol. The molecule has 0 aliphatic rings. The average Bonchev–Trinajstić information content (AvgIpc) is 2.73. The van der Waals surface area contributed by atoms with Crippen LogP contribution in [0.4, 0.5) is 0 Å². The van der Waals surface area contributed by atoms with Crippen molar-refractivity contribution in [2.24, 2.45) is 11.8 Å². The van der Waals surface area contributed by atoms with E-state index in [2.05, 4.69) is 39.0 Å². The van der Waals surface area contributed by atoms with Gasteiger partial charge in [0.2, 0.25) is 0 Å². The van der Waals surface area contributed by atoms with Gasteiger partial charge in [0.1, 0.15) is 0 Å². The second kappa shape index (κ2) is 17.4. The molecule has 0 aromatic heterocycles. The SMILES string of the molecule is CCCCC(CC)COP(=O)(C#CP(=O)(OCC)OCC)OCC(CC)CCCC. The Hall–Kier alpha value is -0.140. The molecule has 0 aliphatic heterocycles. The molecule has 2 atom stereocenters. The Kier molecular flexibility index (Phi) is 17.3. The van der Waals surface area contributed by atoms with E-state index in [4.69, 9.17) is 18.1 Å². The first-order valence-corrected chi connectivity index (χ1v) is 14.7. The Bertz CT molecular complexity index is 550. The summed E-state index contributed by atoms with van der Waals surface area (Å²) in [5.74, 6) is 0.577. The van der Waals surface area contributed by atoms with Crippen molar-refractivity contribution in [2.75, 3.05) is 26.4 Å². The van der Waals surface area contributed by atoms with Crippen LogP contribution < -0.4 is 0 Å². The zero-order chi connectivity index (χ0) is 22.9. The van der Waals surface area contributed by atoms with Crippen LogP contribution in [0.3, 0.4) is 0 Å². The van der Waals surface area contributed by atoms with E-state index < -0.39 is 15.2 Å². The van der Waals surface area contributed by atoms with Gasteiger partial charge in [-0.3, -0.25) is 18.1 Å². The van der Waals surface area contributed by atoms with Crippen LogP contribution in [0, 0.1) is 23.2 Å². The van der Waals surface area contributed by atoms with Crippen molar-refractivity contribution < 1.29 is 27.2 Å². The van der Waals surface area contributed by atoms with Gasteiger partial charge in [0.05, 0.1) is 26.4 Å². The standard InChI is InChI=1S/C22H44O6P2/c1-7-13-15-21(9-3)19-27-30(24,28-20-22(10-4)16-14-8-2)18-17-29(23,25-11-5)26-12-6/h21-22H,7-16,19-20H2,1-6H3. The first-order valence-electron chi connectivity index (χ1n) is 11.6. The van der Waals surface area contributed by atoms with Crippen molar-refractivity contribution in [1.29, 1.82) is 0 Å². The fourth-order valence-electron chi connectivity index (χ4n) is 2.87. The number of rotatable bonds is 18. The Balaban J connectivity index is 5.44. The number of hydrogen-bond acceptors (Lipinski definition) is 6. The summed E-state index contributed by atoms with van der Waals surface area (Å²) in [6.45, 7) is 12.9. The second-order valence-corrected chi connectivity index (χ2v) is 10.9. The molecule has 0 aromatic carbocycles. The minimum atomic E-state index is -3.75. The highest BCUT2D eigenvalue weighted by atomic mass is 31.2. The van der Waals surface area contributed by atoms with Crippen LogP contribution in [0.15, 0.2) is 0 Å². The molecule has 178 valence electrons. The first kappa shape index (κ1) is 29.9. The van der Waals surface area contributed by atoms with Gasteiger partial charge in [0, 0.05) is 11.3 Å². The number of hydrogen-bond donors (Lipinski definition) is 0. The van der Waals surface area contributed by atoms with Crippen LogP contribution in [-0.2, 0) is 27.2 Å². The predicted octanol–water partition coefficient (Wildman–Crippen LogP) is 7.83. The summed E-state index contributed by atoms with van der Waals surface area (Å²) in [4.78, 5) is 0. The lowest BCUT2D eigenvalue weighted by molar-refractivity contribution is 0.158.